The van der Waals surface area contributed by atoms with Crippen LogP contribution in [0.5, 0.6) is 0 Å². The Labute approximate surface area is 130 Å². The van der Waals surface area contributed by atoms with E-state index in [9.17, 15) is 13.6 Å². The van der Waals surface area contributed by atoms with Crippen molar-refractivity contribution in [3.8, 4) is 0 Å². The van der Waals surface area contributed by atoms with Crippen molar-refractivity contribution in [2.75, 3.05) is 26.2 Å². The second-order valence-corrected chi connectivity index (χ2v) is 5.30. The highest BCUT2D eigenvalue weighted by Crippen LogP contribution is 2.20. The molecule has 5 nitrogen and oxygen atoms in total. The number of rotatable bonds is 9. The predicted octanol–water partition coefficient (Wildman–Crippen LogP) is 2.54. The van der Waals surface area contributed by atoms with Crippen LogP contribution >= 0.6 is 0 Å². The molecule has 0 fully saturated rings. The summed E-state index contributed by atoms with van der Waals surface area (Å²) in [6.07, 6.45) is -1.76. The standard InChI is InChI=1S/C15H26F2N4O/c1-5-20(6-2)9-7-8-18-15(22)12(4)21-11(3)10-13(19-21)14(16)17/h10,12,14H,5-9H2,1-4H3,(H,18,22). The number of carbonyl (C=O) groups excluding carboxylic acids is 1. The third-order valence-electron chi connectivity index (χ3n) is 3.76. The molecule has 126 valence electrons. The van der Waals surface area contributed by atoms with Gasteiger partial charge < -0.3 is 10.2 Å². The van der Waals surface area contributed by atoms with E-state index in [1.54, 1.807) is 13.8 Å². The van der Waals surface area contributed by atoms with Crippen LogP contribution in [0.1, 0.15) is 51.0 Å². The van der Waals surface area contributed by atoms with Gasteiger partial charge in [-0.15, -0.1) is 0 Å². The van der Waals surface area contributed by atoms with Crippen molar-refractivity contribution in [2.24, 2.45) is 0 Å². The predicted molar refractivity (Wildman–Crippen MR) is 82.0 cm³/mol. The lowest BCUT2D eigenvalue weighted by Gasteiger charge is -2.18. The number of halogens is 2. The number of hydrogen-bond donors (Lipinski definition) is 1. The van der Waals surface area contributed by atoms with Crippen molar-refractivity contribution in [3.05, 3.63) is 17.5 Å². The number of aromatic nitrogens is 2. The molecule has 0 aromatic carbocycles. The first-order valence-corrected chi connectivity index (χ1v) is 7.74. The maximum Gasteiger partial charge on any atom is 0.282 e. The highest BCUT2D eigenvalue weighted by molar-refractivity contribution is 5.79. The summed E-state index contributed by atoms with van der Waals surface area (Å²) in [7, 11) is 0. The van der Waals surface area contributed by atoms with Gasteiger partial charge in [-0.3, -0.25) is 9.48 Å². The fraction of sp³-hybridized carbons (Fsp3) is 0.733. The Kier molecular flexibility index (Phi) is 7.44. The Hall–Kier alpha value is -1.50. The molecule has 1 N–H and O–H groups in total. The molecule has 1 atom stereocenters. The van der Waals surface area contributed by atoms with Crippen LogP contribution in [0.4, 0.5) is 8.78 Å². The number of aryl methyl sites for hydroxylation is 1. The third-order valence-corrected chi connectivity index (χ3v) is 3.76. The summed E-state index contributed by atoms with van der Waals surface area (Å²) in [6, 6.07) is 0.718. The van der Waals surface area contributed by atoms with E-state index in [1.165, 1.54) is 10.7 Å². The van der Waals surface area contributed by atoms with E-state index in [4.69, 9.17) is 0 Å². The minimum atomic E-state index is -2.62. The zero-order valence-electron chi connectivity index (χ0n) is 13.8. The van der Waals surface area contributed by atoms with Gasteiger partial charge in [-0.05, 0) is 46.0 Å². The van der Waals surface area contributed by atoms with Gasteiger partial charge in [0.05, 0.1) is 0 Å². The molecule has 1 heterocycles. The van der Waals surface area contributed by atoms with Gasteiger partial charge in [-0.1, -0.05) is 13.8 Å². The number of amides is 1. The lowest BCUT2D eigenvalue weighted by atomic mass is 10.3. The molecule has 1 amide bonds. The largest absolute Gasteiger partial charge is 0.354 e. The highest BCUT2D eigenvalue weighted by Gasteiger charge is 2.20. The minimum absolute atomic E-state index is 0.202. The first-order valence-electron chi connectivity index (χ1n) is 7.74. The van der Waals surface area contributed by atoms with Crippen LogP contribution in [-0.2, 0) is 4.79 Å². The molecular weight excluding hydrogens is 290 g/mol. The molecule has 0 aliphatic heterocycles. The monoisotopic (exact) mass is 316 g/mol. The Balaban J connectivity index is 2.48. The molecule has 0 saturated heterocycles. The van der Waals surface area contributed by atoms with Crippen LogP contribution in [0.15, 0.2) is 6.07 Å². The van der Waals surface area contributed by atoms with Crippen molar-refractivity contribution in [1.29, 1.82) is 0 Å². The smallest absolute Gasteiger partial charge is 0.282 e. The van der Waals surface area contributed by atoms with Crippen LogP contribution in [-0.4, -0.2) is 46.8 Å². The van der Waals surface area contributed by atoms with Crippen LogP contribution in [0.2, 0.25) is 0 Å². The molecule has 0 bridgehead atoms. The molecule has 22 heavy (non-hydrogen) atoms. The first-order chi connectivity index (χ1) is 10.4. The Morgan fingerprint density at radius 3 is 2.55 bits per heavy atom. The van der Waals surface area contributed by atoms with Crippen LogP contribution in [0.3, 0.4) is 0 Å². The molecule has 0 radical (unpaired) electrons. The third kappa shape index (κ3) is 5.05. The van der Waals surface area contributed by atoms with Gasteiger partial charge in [0, 0.05) is 12.2 Å². The molecule has 0 aliphatic rings. The summed E-state index contributed by atoms with van der Waals surface area (Å²) in [5.41, 5.74) is 0.264. The molecule has 1 unspecified atom stereocenters. The summed E-state index contributed by atoms with van der Waals surface area (Å²) in [5.74, 6) is -0.202. The van der Waals surface area contributed by atoms with Gasteiger partial charge in [0.2, 0.25) is 5.91 Å². The Morgan fingerprint density at radius 2 is 2.05 bits per heavy atom. The molecule has 0 spiro atoms. The first kappa shape index (κ1) is 18.5. The van der Waals surface area contributed by atoms with Crippen LogP contribution < -0.4 is 5.32 Å². The molecule has 0 saturated carbocycles. The van der Waals surface area contributed by atoms with E-state index >= 15 is 0 Å². The fourth-order valence-electron chi connectivity index (χ4n) is 2.32. The van der Waals surface area contributed by atoms with Gasteiger partial charge in [-0.25, -0.2) is 8.78 Å². The van der Waals surface area contributed by atoms with Crippen molar-refractivity contribution < 1.29 is 13.6 Å². The Morgan fingerprint density at radius 1 is 1.41 bits per heavy atom. The lowest BCUT2D eigenvalue weighted by molar-refractivity contribution is -0.124. The average molecular weight is 316 g/mol. The van der Waals surface area contributed by atoms with E-state index in [2.05, 4.69) is 29.2 Å². The average Bonchev–Trinajstić information content (AvgIpc) is 2.88. The summed E-state index contributed by atoms with van der Waals surface area (Å²) < 4.78 is 26.6. The van der Waals surface area contributed by atoms with E-state index < -0.39 is 12.5 Å². The van der Waals surface area contributed by atoms with Gasteiger partial charge in [0.1, 0.15) is 11.7 Å². The summed E-state index contributed by atoms with van der Waals surface area (Å²) in [6.45, 7) is 11.0. The fourth-order valence-corrected chi connectivity index (χ4v) is 2.32. The van der Waals surface area contributed by atoms with Crippen molar-refractivity contribution >= 4 is 5.91 Å². The van der Waals surface area contributed by atoms with Crippen LogP contribution in [0.25, 0.3) is 0 Å². The maximum absolute atomic E-state index is 12.6. The minimum Gasteiger partial charge on any atom is -0.354 e. The Bertz CT molecular complexity index is 472. The van der Waals surface area contributed by atoms with Crippen molar-refractivity contribution in [1.82, 2.24) is 20.0 Å². The van der Waals surface area contributed by atoms with Crippen molar-refractivity contribution in [2.45, 2.75) is 46.6 Å². The number of hydrogen-bond acceptors (Lipinski definition) is 3. The maximum atomic E-state index is 12.6. The van der Waals surface area contributed by atoms with Gasteiger partial charge in [0.15, 0.2) is 0 Å². The number of alkyl halides is 2. The lowest BCUT2D eigenvalue weighted by Crippen LogP contribution is -2.34. The zero-order chi connectivity index (χ0) is 16.7. The van der Waals surface area contributed by atoms with Gasteiger partial charge in [0.25, 0.3) is 6.43 Å². The normalized spacial score (nSPS) is 12.9. The molecule has 0 aliphatic carbocycles. The highest BCUT2D eigenvalue weighted by atomic mass is 19.3. The number of carbonyl (C=O) groups is 1. The van der Waals surface area contributed by atoms with E-state index in [0.717, 1.165) is 26.1 Å². The SMILES string of the molecule is CCN(CC)CCCNC(=O)C(C)n1nc(C(F)F)cc1C. The molecule has 7 heteroatoms. The van der Waals surface area contributed by atoms with E-state index in [1.807, 2.05) is 0 Å². The number of nitrogens with one attached hydrogen (secondary N) is 1. The summed E-state index contributed by atoms with van der Waals surface area (Å²) in [5, 5.41) is 6.65. The quantitative estimate of drug-likeness (QED) is 0.712. The van der Waals surface area contributed by atoms with Crippen molar-refractivity contribution in [3.63, 3.8) is 0 Å². The van der Waals surface area contributed by atoms with E-state index in [-0.39, 0.29) is 11.6 Å². The topological polar surface area (TPSA) is 50.2 Å². The summed E-state index contributed by atoms with van der Waals surface area (Å²) >= 11 is 0. The zero-order valence-corrected chi connectivity index (χ0v) is 13.8. The van der Waals surface area contributed by atoms with E-state index in [0.29, 0.717) is 12.2 Å². The van der Waals surface area contributed by atoms with Gasteiger partial charge >= 0.3 is 0 Å². The second-order valence-electron chi connectivity index (χ2n) is 5.30. The number of nitrogens with zero attached hydrogens (tertiary/aromatic N) is 3. The molecule has 1 aromatic rings. The van der Waals surface area contributed by atoms with Gasteiger partial charge in [-0.2, -0.15) is 5.10 Å². The second kappa shape index (κ2) is 8.82. The molecule has 1 aromatic heterocycles. The molecule has 1 rings (SSSR count). The van der Waals surface area contributed by atoms with Crippen LogP contribution in [0, 0.1) is 6.92 Å². The summed E-state index contributed by atoms with van der Waals surface area (Å²) in [4.78, 5) is 14.4. The molecular formula is C15H26F2N4O.